The van der Waals surface area contributed by atoms with Gasteiger partial charge < -0.3 is 13.3 Å². The van der Waals surface area contributed by atoms with E-state index in [0.717, 1.165) is 37.2 Å². The van der Waals surface area contributed by atoms with E-state index in [0.29, 0.717) is 17.4 Å². The van der Waals surface area contributed by atoms with Gasteiger partial charge in [0.25, 0.3) is 0 Å². The second-order valence-corrected chi connectivity index (χ2v) is 17.4. The second kappa shape index (κ2) is 11.4. The Morgan fingerprint density at radius 2 is 1.43 bits per heavy atom. The summed E-state index contributed by atoms with van der Waals surface area (Å²) in [4.78, 5) is 0. The van der Waals surface area contributed by atoms with Gasteiger partial charge in [-0.3, -0.25) is 0 Å². The van der Waals surface area contributed by atoms with Crippen molar-refractivity contribution in [2.75, 3.05) is 19.8 Å². The molecule has 0 aromatic rings. The summed E-state index contributed by atoms with van der Waals surface area (Å²) in [6, 6.07) is 0. The van der Waals surface area contributed by atoms with Crippen LogP contribution in [-0.4, -0.2) is 36.7 Å². The Morgan fingerprint density at radius 3 is 1.87 bits per heavy atom. The lowest BCUT2D eigenvalue weighted by Crippen LogP contribution is -2.45. The summed E-state index contributed by atoms with van der Waals surface area (Å²) in [6.45, 7) is 23.5. The van der Waals surface area contributed by atoms with Crippen molar-refractivity contribution in [3.05, 3.63) is 37.5 Å². The summed E-state index contributed by atoms with van der Waals surface area (Å²) >= 11 is 0. The van der Waals surface area contributed by atoms with Crippen LogP contribution >= 0.6 is 0 Å². The number of hydrogen-bond donors (Lipinski definition) is 0. The minimum Gasteiger partial charge on any atom is -0.417 e. The van der Waals surface area contributed by atoms with Crippen molar-refractivity contribution in [2.45, 2.75) is 77.2 Å². The summed E-state index contributed by atoms with van der Waals surface area (Å²) in [5, 5.41) is 0. The third-order valence-corrected chi connectivity index (χ3v) is 14.7. The third kappa shape index (κ3) is 6.07. The minimum absolute atomic E-state index is 0.640. The van der Waals surface area contributed by atoms with Crippen molar-refractivity contribution in [1.29, 1.82) is 0 Å². The topological polar surface area (TPSA) is 27.7 Å². The van der Waals surface area contributed by atoms with Crippen LogP contribution in [-0.2, 0) is 13.3 Å². The number of hydrogen-bond acceptors (Lipinski definition) is 3. The van der Waals surface area contributed by atoms with E-state index in [2.05, 4.69) is 77.9 Å². The first kappa shape index (κ1) is 25.8. The van der Waals surface area contributed by atoms with E-state index in [1.165, 1.54) is 25.7 Å². The highest BCUT2D eigenvalue weighted by Crippen LogP contribution is 2.52. The van der Waals surface area contributed by atoms with E-state index >= 15 is 0 Å². The normalized spacial score (nSPS) is 32.7. The number of fused-ring (bicyclic) bond motifs is 2. The predicted molar refractivity (Wildman–Crippen MR) is 133 cm³/mol. The van der Waals surface area contributed by atoms with Crippen LogP contribution in [0.4, 0.5) is 0 Å². The summed E-state index contributed by atoms with van der Waals surface area (Å²) in [5.41, 5.74) is 1.41. The molecular formula is C25H46O3Si2. The SMILES string of the molecule is C=CC1CC(C=C)C([Si](C)(C)OCC)C1.CCO[Si](C)(OCC)C1CC2C=CC1C2. The summed E-state index contributed by atoms with van der Waals surface area (Å²) < 4.78 is 18.0. The van der Waals surface area contributed by atoms with Gasteiger partial charge in [-0.25, -0.2) is 0 Å². The molecule has 2 fully saturated rings. The maximum Gasteiger partial charge on any atom is 0.338 e. The van der Waals surface area contributed by atoms with E-state index in [4.69, 9.17) is 13.3 Å². The smallest absolute Gasteiger partial charge is 0.338 e. The molecule has 0 spiro atoms. The van der Waals surface area contributed by atoms with Gasteiger partial charge in [-0.15, -0.1) is 13.2 Å². The zero-order valence-corrected chi connectivity index (χ0v) is 22.4. The molecule has 2 bridgehead atoms. The monoisotopic (exact) mass is 450 g/mol. The number of allylic oxidation sites excluding steroid dienone is 4. The molecule has 5 heteroatoms. The van der Waals surface area contributed by atoms with Crippen LogP contribution in [0, 0.1) is 23.7 Å². The highest BCUT2D eigenvalue weighted by atomic mass is 28.4. The fraction of sp³-hybridized carbons (Fsp3) is 0.760. The van der Waals surface area contributed by atoms with Crippen LogP contribution < -0.4 is 0 Å². The van der Waals surface area contributed by atoms with Crippen molar-refractivity contribution >= 4 is 16.9 Å². The molecule has 6 atom stereocenters. The lowest BCUT2D eigenvalue weighted by atomic mass is 10.1. The quantitative estimate of drug-likeness (QED) is 0.262. The predicted octanol–water partition coefficient (Wildman–Crippen LogP) is 7.09. The molecule has 3 nitrogen and oxygen atoms in total. The minimum atomic E-state index is -1.92. The fourth-order valence-corrected chi connectivity index (χ4v) is 12.6. The van der Waals surface area contributed by atoms with Crippen LogP contribution in [0.3, 0.4) is 0 Å². The molecule has 0 radical (unpaired) electrons. The van der Waals surface area contributed by atoms with E-state index in [1.54, 1.807) is 0 Å². The van der Waals surface area contributed by atoms with E-state index in [1.807, 2.05) is 0 Å². The molecule has 0 aromatic carbocycles. The maximum atomic E-state index is 5.99. The van der Waals surface area contributed by atoms with Gasteiger partial charge in [0.1, 0.15) is 0 Å². The van der Waals surface area contributed by atoms with Gasteiger partial charge in [0.15, 0.2) is 8.32 Å². The highest BCUT2D eigenvalue weighted by molar-refractivity contribution is 6.72. The molecule has 0 N–H and O–H groups in total. The Bertz CT molecular complexity index is 583. The zero-order chi connectivity index (χ0) is 22.4. The van der Waals surface area contributed by atoms with Gasteiger partial charge in [0, 0.05) is 25.4 Å². The van der Waals surface area contributed by atoms with Crippen LogP contribution in [0.5, 0.6) is 0 Å². The molecule has 2 saturated carbocycles. The molecular weight excluding hydrogens is 404 g/mol. The molecule has 0 aliphatic heterocycles. The van der Waals surface area contributed by atoms with E-state index in [9.17, 15) is 0 Å². The van der Waals surface area contributed by atoms with Gasteiger partial charge in [-0.1, -0.05) is 24.3 Å². The Hall–Kier alpha value is -0.466. The van der Waals surface area contributed by atoms with E-state index in [-0.39, 0.29) is 0 Å². The largest absolute Gasteiger partial charge is 0.417 e. The summed E-state index contributed by atoms with van der Waals surface area (Å²) in [6.07, 6.45) is 14.1. The van der Waals surface area contributed by atoms with Crippen LogP contribution in [0.1, 0.15) is 46.5 Å². The first-order valence-electron chi connectivity index (χ1n) is 12.1. The molecule has 172 valence electrons. The molecule has 3 rings (SSSR count). The van der Waals surface area contributed by atoms with Crippen molar-refractivity contribution in [1.82, 2.24) is 0 Å². The molecule has 0 saturated heterocycles. The van der Waals surface area contributed by atoms with Gasteiger partial charge >= 0.3 is 8.56 Å². The zero-order valence-electron chi connectivity index (χ0n) is 20.4. The molecule has 0 aromatic heterocycles. The maximum absolute atomic E-state index is 5.99. The number of rotatable bonds is 10. The first-order valence-corrected chi connectivity index (χ1v) is 17.5. The van der Waals surface area contributed by atoms with Crippen LogP contribution in [0.25, 0.3) is 0 Å². The Morgan fingerprint density at radius 1 is 0.800 bits per heavy atom. The summed E-state index contributed by atoms with van der Waals surface area (Å²) in [5.74, 6) is 2.86. The molecule has 3 aliphatic rings. The average Bonchev–Trinajstić information content (AvgIpc) is 3.44. The standard InChI is InChI=1S/C13H24OSi.C12H22O2Si/c1-6-11-9-12(7-2)13(10-11)15(4,5)14-8-3;1-4-13-15(3,14-5-2)12-9-10-6-7-11(12)8-10/h6-7,11-13H,1-2,8-10H2,3-5H3;6-7,10-12H,4-5,8-9H2,1-3H3. The second-order valence-electron chi connectivity index (χ2n) is 9.78. The van der Waals surface area contributed by atoms with Gasteiger partial charge in [-0.2, -0.15) is 0 Å². The lowest BCUT2D eigenvalue weighted by Gasteiger charge is -2.35. The Kier molecular flexibility index (Phi) is 9.81. The highest BCUT2D eigenvalue weighted by Gasteiger charge is 2.50. The Labute approximate surface area is 188 Å². The van der Waals surface area contributed by atoms with E-state index < -0.39 is 16.9 Å². The van der Waals surface area contributed by atoms with Gasteiger partial charge in [-0.05, 0) is 95.3 Å². The first-order chi connectivity index (χ1) is 14.2. The molecule has 0 heterocycles. The van der Waals surface area contributed by atoms with Gasteiger partial charge in [0.05, 0.1) is 0 Å². The molecule has 30 heavy (non-hydrogen) atoms. The third-order valence-electron chi connectivity index (χ3n) is 7.51. The van der Waals surface area contributed by atoms with Gasteiger partial charge in [0.2, 0.25) is 0 Å². The van der Waals surface area contributed by atoms with Crippen LogP contribution in [0.15, 0.2) is 37.5 Å². The molecule has 6 unspecified atom stereocenters. The van der Waals surface area contributed by atoms with Crippen molar-refractivity contribution in [3.8, 4) is 0 Å². The Balaban J connectivity index is 0.000000214. The summed E-state index contributed by atoms with van der Waals surface area (Å²) in [7, 11) is -3.45. The molecule has 3 aliphatic carbocycles. The fourth-order valence-electron chi connectivity index (χ4n) is 6.05. The lowest BCUT2D eigenvalue weighted by molar-refractivity contribution is 0.174. The average molecular weight is 451 g/mol. The van der Waals surface area contributed by atoms with Crippen molar-refractivity contribution in [3.63, 3.8) is 0 Å². The van der Waals surface area contributed by atoms with Crippen molar-refractivity contribution < 1.29 is 13.3 Å². The molecule has 0 amide bonds. The van der Waals surface area contributed by atoms with Crippen molar-refractivity contribution in [2.24, 2.45) is 23.7 Å². The van der Waals surface area contributed by atoms with Crippen LogP contribution in [0.2, 0.25) is 30.7 Å².